The first kappa shape index (κ1) is 15.1. The molecule has 2 atom stereocenters. The zero-order valence-electron chi connectivity index (χ0n) is 11.5. The van der Waals surface area contributed by atoms with Crippen molar-refractivity contribution in [3.05, 3.63) is 35.9 Å². The Hall–Kier alpha value is -0.960. The van der Waals surface area contributed by atoms with Gasteiger partial charge >= 0.3 is 0 Å². The van der Waals surface area contributed by atoms with Crippen LogP contribution >= 0.6 is 11.8 Å². The normalized spacial score (nSPS) is 13.9. The van der Waals surface area contributed by atoms with E-state index >= 15 is 0 Å². The highest BCUT2D eigenvalue weighted by Gasteiger charge is 2.10. The highest BCUT2D eigenvalue weighted by atomic mass is 32.2. The first-order valence-corrected chi connectivity index (χ1v) is 7.64. The summed E-state index contributed by atoms with van der Waals surface area (Å²) in [7, 11) is 0. The van der Waals surface area contributed by atoms with Gasteiger partial charge in [0.15, 0.2) is 0 Å². The van der Waals surface area contributed by atoms with Gasteiger partial charge in [0.2, 0.25) is 5.91 Å². The van der Waals surface area contributed by atoms with Gasteiger partial charge in [0.1, 0.15) is 0 Å². The fourth-order valence-corrected chi connectivity index (χ4v) is 2.68. The van der Waals surface area contributed by atoms with Crippen LogP contribution in [0.3, 0.4) is 0 Å². The molecule has 1 rings (SSSR count). The minimum atomic E-state index is 0.142. The highest BCUT2D eigenvalue weighted by molar-refractivity contribution is 8.00. The van der Waals surface area contributed by atoms with Gasteiger partial charge in [-0.2, -0.15) is 0 Å². The third kappa shape index (κ3) is 5.58. The van der Waals surface area contributed by atoms with Crippen molar-refractivity contribution in [1.29, 1.82) is 0 Å². The van der Waals surface area contributed by atoms with E-state index in [1.165, 1.54) is 5.56 Å². The molecule has 0 aliphatic rings. The van der Waals surface area contributed by atoms with E-state index in [-0.39, 0.29) is 11.9 Å². The third-order valence-electron chi connectivity index (χ3n) is 2.86. The number of carbonyl (C=O) groups excluding carboxylic acids is 1. The maximum Gasteiger partial charge on any atom is 0.230 e. The van der Waals surface area contributed by atoms with Gasteiger partial charge < -0.3 is 5.32 Å². The summed E-state index contributed by atoms with van der Waals surface area (Å²) in [6.45, 7) is 6.34. The zero-order valence-corrected chi connectivity index (χ0v) is 12.3. The highest BCUT2D eigenvalue weighted by Crippen LogP contribution is 2.27. The molecule has 0 saturated heterocycles. The van der Waals surface area contributed by atoms with Crippen molar-refractivity contribution in [2.75, 3.05) is 5.75 Å². The Morgan fingerprint density at radius 2 is 1.94 bits per heavy atom. The predicted octanol–water partition coefficient (Wildman–Crippen LogP) is 3.79. The van der Waals surface area contributed by atoms with E-state index in [0.717, 1.165) is 12.8 Å². The molecule has 0 aliphatic carbocycles. The first-order valence-electron chi connectivity index (χ1n) is 6.59. The van der Waals surface area contributed by atoms with E-state index in [9.17, 15) is 4.79 Å². The van der Waals surface area contributed by atoms with Crippen LogP contribution in [0.5, 0.6) is 0 Å². The van der Waals surface area contributed by atoms with Crippen molar-refractivity contribution in [2.45, 2.75) is 44.9 Å². The Balaban J connectivity index is 2.30. The van der Waals surface area contributed by atoms with Crippen LogP contribution in [0.4, 0.5) is 0 Å². The molecule has 3 heteroatoms. The number of hydrogen-bond donors (Lipinski definition) is 1. The predicted molar refractivity (Wildman–Crippen MR) is 79.8 cm³/mol. The quantitative estimate of drug-likeness (QED) is 0.812. The molecular formula is C15H23NOS. The number of amides is 1. The van der Waals surface area contributed by atoms with Gasteiger partial charge in [-0.15, -0.1) is 11.8 Å². The molecule has 0 aromatic heterocycles. The number of rotatable bonds is 7. The maximum atomic E-state index is 11.7. The van der Waals surface area contributed by atoms with Crippen molar-refractivity contribution >= 4 is 17.7 Å². The SMILES string of the molecule is CCC[C@@H](C)NC(=O)CS[C@H](C)c1ccccc1. The van der Waals surface area contributed by atoms with Crippen LogP contribution in [-0.4, -0.2) is 17.7 Å². The summed E-state index contributed by atoms with van der Waals surface area (Å²) in [5.74, 6) is 0.674. The van der Waals surface area contributed by atoms with Gasteiger partial charge in [-0.25, -0.2) is 0 Å². The number of hydrogen-bond acceptors (Lipinski definition) is 2. The average molecular weight is 265 g/mol. The van der Waals surface area contributed by atoms with E-state index < -0.39 is 0 Å². The molecule has 0 fully saturated rings. The molecule has 1 aromatic rings. The van der Waals surface area contributed by atoms with Crippen LogP contribution in [0.25, 0.3) is 0 Å². The Morgan fingerprint density at radius 3 is 2.56 bits per heavy atom. The smallest absolute Gasteiger partial charge is 0.230 e. The standard InChI is InChI=1S/C15H23NOS/c1-4-8-12(2)16-15(17)11-18-13(3)14-9-6-5-7-10-14/h5-7,9-10,12-13H,4,8,11H2,1-3H3,(H,16,17)/t12-,13-/m1/s1. The van der Waals surface area contributed by atoms with Crippen LogP contribution in [0.1, 0.15) is 44.4 Å². The fraction of sp³-hybridized carbons (Fsp3) is 0.533. The molecule has 1 aromatic carbocycles. The first-order chi connectivity index (χ1) is 8.63. The van der Waals surface area contributed by atoms with Crippen molar-refractivity contribution in [1.82, 2.24) is 5.32 Å². The largest absolute Gasteiger partial charge is 0.353 e. The van der Waals surface area contributed by atoms with Crippen molar-refractivity contribution in [2.24, 2.45) is 0 Å². The second-order valence-corrected chi connectivity index (χ2v) is 5.95. The van der Waals surface area contributed by atoms with Crippen molar-refractivity contribution in [3.8, 4) is 0 Å². The minimum absolute atomic E-state index is 0.142. The number of carbonyl (C=O) groups is 1. The van der Waals surface area contributed by atoms with E-state index in [1.807, 2.05) is 18.2 Å². The van der Waals surface area contributed by atoms with Gasteiger partial charge in [0.25, 0.3) is 0 Å². The summed E-state index contributed by atoms with van der Waals surface area (Å²) in [5, 5.41) is 3.39. The Bertz CT molecular complexity index is 353. The third-order valence-corrected chi connectivity index (χ3v) is 4.06. The van der Waals surface area contributed by atoms with Crippen LogP contribution in [-0.2, 0) is 4.79 Å². The van der Waals surface area contributed by atoms with Crippen molar-refractivity contribution < 1.29 is 4.79 Å². The minimum Gasteiger partial charge on any atom is -0.353 e. The zero-order chi connectivity index (χ0) is 13.4. The van der Waals surface area contributed by atoms with E-state index in [0.29, 0.717) is 11.0 Å². The fourth-order valence-electron chi connectivity index (χ4n) is 1.84. The molecule has 100 valence electrons. The molecule has 18 heavy (non-hydrogen) atoms. The van der Waals surface area contributed by atoms with Crippen LogP contribution in [0.15, 0.2) is 30.3 Å². The Kier molecular flexibility index (Phi) is 6.88. The van der Waals surface area contributed by atoms with Gasteiger partial charge in [0.05, 0.1) is 5.75 Å². The molecular weight excluding hydrogens is 242 g/mol. The van der Waals surface area contributed by atoms with Crippen LogP contribution in [0.2, 0.25) is 0 Å². The molecule has 0 aliphatic heterocycles. The molecule has 2 nitrogen and oxygen atoms in total. The lowest BCUT2D eigenvalue weighted by Gasteiger charge is -2.14. The summed E-state index contributed by atoms with van der Waals surface area (Å²) < 4.78 is 0. The summed E-state index contributed by atoms with van der Waals surface area (Å²) in [6, 6.07) is 10.6. The second-order valence-electron chi connectivity index (χ2n) is 4.62. The molecule has 0 unspecified atom stereocenters. The monoisotopic (exact) mass is 265 g/mol. The lowest BCUT2D eigenvalue weighted by Crippen LogP contribution is -2.33. The summed E-state index contributed by atoms with van der Waals surface area (Å²) in [4.78, 5) is 11.7. The van der Waals surface area contributed by atoms with E-state index in [2.05, 4.69) is 38.2 Å². The lowest BCUT2D eigenvalue weighted by atomic mass is 10.2. The summed E-state index contributed by atoms with van der Waals surface area (Å²) in [5.41, 5.74) is 1.27. The van der Waals surface area contributed by atoms with Crippen LogP contribution < -0.4 is 5.32 Å². The molecule has 1 N–H and O–H groups in total. The van der Waals surface area contributed by atoms with Gasteiger partial charge in [-0.1, -0.05) is 43.7 Å². The Morgan fingerprint density at radius 1 is 1.28 bits per heavy atom. The maximum absolute atomic E-state index is 11.7. The molecule has 0 saturated carbocycles. The summed E-state index contributed by atoms with van der Waals surface area (Å²) in [6.07, 6.45) is 2.15. The van der Waals surface area contributed by atoms with Gasteiger partial charge in [-0.05, 0) is 25.8 Å². The summed E-state index contributed by atoms with van der Waals surface area (Å²) >= 11 is 1.69. The number of thioether (sulfide) groups is 1. The molecule has 0 heterocycles. The van der Waals surface area contributed by atoms with Gasteiger partial charge in [0, 0.05) is 11.3 Å². The van der Waals surface area contributed by atoms with E-state index in [4.69, 9.17) is 0 Å². The lowest BCUT2D eigenvalue weighted by molar-refractivity contribution is -0.119. The average Bonchev–Trinajstić information content (AvgIpc) is 2.37. The van der Waals surface area contributed by atoms with Crippen molar-refractivity contribution in [3.63, 3.8) is 0 Å². The second kappa shape index (κ2) is 8.20. The number of benzene rings is 1. The Labute approximate surface area is 115 Å². The molecule has 0 spiro atoms. The molecule has 1 amide bonds. The van der Waals surface area contributed by atoms with Gasteiger partial charge in [-0.3, -0.25) is 4.79 Å². The van der Waals surface area contributed by atoms with Crippen LogP contribution in [0, 0.1) is 0 Å². The topological polar surface area (TPSA) is 29.1 Å². The molecule has 0 radical (unpaired) electrons. The van der Waals surface area contributed by atoms with E-state index in [1.54, 1.807) is 11.8 Å². The molecule has 0 bridgehead atoms. The number of nitrogens with one attached hydrogen (secondary N) is 1.